The lowest BCUT2D eigenvalue weighted by Crippen LogP contribution is -2.31. The van der Waals surface area contributed by atoms with E-state index in [9.17, 15) is 4.79 Å². The maximum absolute atomic E-state index is 11.4. The van der Waals surface area contributed by atoms with Crippen molar-refractivity contribution in [2.24, 2.45) is 11.8 Å². The molecule has 0 spiro atoms. The highest BCUT2D eigenvalue weighted by Crippen LogP contribution is 2.30. The van der Waals surface area contributed by atoms with Crippen LogP contribution in [0.25, 0.3) is 0 Å². The molecule has 2 atom stereocenters. The van der Waals surface area contributed by atoms with E-state index in [2.05, 4.69) is 19.2 Å². The maximum atomic E-state index is 11.4. The monoisotopic (exact) mass is 183 g/mol. The molecule has 1 N–H and O–H groups in total. The molecule has 1 aliphatic heterocycles. The minimum absolute atomic E-state index is 0.0885. The van der Waals surface area contributed by atoms with Crippen LogP contribution in [0.15, 0.2) is 0 Å². The fraction of sp³-hybridized carbons (Fsp3) is 0.900. The molecule has 3 nitrogen and oxygen atoms in total. The topological polar surface area (TPSA) is 41.6 Å². The molecule has 0 aromatic heterocycles. The van der Waals surface area contributed by atoms with Gasteiger partial charge in [-0.1, -0.05) is 13.8 Å². The van der Waals surface area contributed by atoms with E-state index in [-0.39, 0.29) is 18.1 Å². The van der Waals surface area contributed by atoms with Crippen LogP contribution in [0.2, 0.25) is 0 Å². The first kappa shape index (κ1) is 9.00. The lowest BCUT2D eigenvalue weighted by atomic mass is 10.1. The van der Waals surface area contributed by atoms with Gasteiger partial charge in [0.25, 0.3) is 5.91 Å². The predicted molar refractivity (Wildman–Crippen MR) is 49.2 cm³/mol. The molecule has 2 fully saturated rings. The highest BCUT2D eigenvalue weighted by Gasteiger charge is 2.46. The van der Waals surface area contributed by atoms with Gasteiger partial charge in [-0.25, -0.2) is 0 Å². The van der Waals surface area contributed by atoms with Crippen LogP contribution < -0.4 is 5.32 Å². The number of hydrogen-bond acceptors (Lipinski definition) is 2. The first-order valence-corrected chi connectivity index (χ1v) is 5.11. The number of hydrogen-bond donors (Lipinski definition) is 1. The Kier molecular flexibility index (Phi) is 2.28. The Labute approximate surface area is 78.8 Å². The number of nitrogens with one attached hydrogen (secondary N) is 1. The summed E-state index contributed by atoms with van der Waals surface area (Å²) in [5, 5.41) is 2.93. The molecule has 1 saturated heterocycles. The highest BCUT2D eigenvalue weighted by atomic mass is 16.6. The summed E-state index contributed by atoms with van der Waals surface area (Å²) in [6, 6.07) is 0. The average Bonchev–Trinajstić information content (AvgIpc) is 2.93. The standard InChI is InChI=1S/C10H17NO2/c1-6(2)8-9(13-8)10(12)11-5-7-3-4-7/h6-9H,3-5H2,1-2H3,(H,11,12). The van der Waals surface area contributed by atoms with E-state index in [0.717, 1.165) is 12.5 Å². The van der Waals surface area contributed by atoms with Crippen LogP contribution in [0.5, 0.6) is 0 Å². The Morgan fingerprint density at radius 1 is 1.54 bits per heavy atom. The van der Waals surface area contributed by atoms with Crippen molar-refractivity contribution in [1.82, 2.24) is 5.32 Å². The number of amides is 1. The average molecular weight is 183 g/mol. The van der Waals surface area contributed by atoms with Crippen LogP contribution >= 0.6 is 0 Å². The summed E-state index contributed by atoms with van der Waals surface area (Å²) in [6.45, 7) is 5.02. The summed E-state index contributed by atoms with van der Waals surface area (Å²) >= 11 is 0. The highest BCUT2D eigenvalue weighted by molar-refractivity contribution is 5.83. The van der Waals surface area contributed by atoms with Gasteiger partial charge >= 0.3 is 0 Å². The zero-order valence-corrected chi connectivity index (χ0v) is 8.25. The summed E-state index contributed by atoms with van der Waals surface area (Å²) in [4.78, 5) is 11.4. The van der Waals surface area contributed by atoms with Gasteiger partial charge in [-0.15, -0.1) is 0 Å². The number of rotatable bonds is 4. The SMILES string of the molecule is CC(C)C1OC1C(=O)NCC1CC1. The third-order valence-corrected chi connectivity index (χ3v) is 2.70. The summed E-state index contributed by atoms with van der Waals surface area (Å²) in [5.74, 6) is 1.29. The molecular formula is C10H17NO2. The molecular weight excluding hydrogens is 166 g/mol. The van der Waals surface area contributed by atoms with Gasteiger partial charge in [-0.05, 0) is 24.7 Å². The minimum Gasteiger partial charge on any atom is -0.359 e. The molecule has 1 amide bonds. The minimum atomic E-state index is -0.154. The van der Waals surface area contributed by atoms with Crippen molar-refractivity contribution >= 4 is 5.91 Å². The molecule has 1 saturated carbocycles. The largest absolute Gasteiger partial charge is 0.359 e. The first-order valence-electron chi connectivity index (χ1n) is 5.11. The van der Waals surface area contributed by atoms with Crippen LogP contribution in [-0.2, 0) is 9.53 Å². The Morgan fingerprint density at radius 2 is 2.23 bits per heavy atom. The Bertz CT molecular complexity index is 211. The smallest absolute Gasteiger partial charge is 0.251 e. The molecule has 0 radical (unpaired) electrons. The van der Waals surface area contributed by atoms with Crippen molar-refractivity contribution in [3.63, 3.8) is 0 Å². The lowest BCUT2D eigenvalue weighted by molar-refractivity contribution is -0.122. The van der Waals surface area contributed by atoms with Gasteiger partial charge in [0.2, 0.25) is 0 Å². The number of carbonyl (C=O) groups excluding carboxylic acids is 1. The summed E-state index contributed by atoms with van der Waals surface area (Å²) in [6.07, 6.45) is 2.57. The van der Waals surface area contributed by atoms with Crippen molar-refractivity contribution in [2.75, 3.05) is 6.54 Å². The molecule has 1 aliphatic carbocycles. The lowest BCUT2D eigenvalue weighted by Gasteiger charge is -2.01. The Morgan fingerprint density at radius 3 is 2.69 bits per heavy atom. The quantitative estimate of drug-likeness (QED) is 0.659. The predicted octanol–water partition coefficient (Wildman–Crippen LogP) is 0.936. The van der Waals surface area contributed by atoms with E-state index in [4.69, 9.17) is 4.74 Å². The van der Waals surface area contributed by atoms with Crippen molar-refractivity contribution in [3.05, 3.63) is 0 Å². The summed E-state index contributed by atoms with van der Waals surface area (Å²) < 4.78 is 5.28. The van der Waals surface area contributed by atoms with E-state index < -0.39 is 0 Å². The molecule has 0 bridgehead atoms. The molecule has 3 heteroatoms. The zero-order valence-electron chi connectivity index (χ0n) is 8.25. The summed E-state index contributed by atoms with van der Waals surface area (Å²) in [5.41, 5.74) is 0. The second-order valence-corrected chi connectivity index (χ2v) is 4.45. The van der Waals surface area contributed by atoms with E-state index in [0.29, 0.717) is 5.92 Å². The van der Waals surface area contributed by atoms with Crippen molar-refractivity contribution in [3.8, 4) is 0 Å². The first-order chi connectivity index (χ1) is 6.18. The van der Waals surface area contributed by atoms with Gasteiger partial charge in [0.05, 0.1) is 6.10 Å². The Hall–Kier alpha value is -0.570. The van der Waals surface area contributed by atoms with E-state index in [1.807, 2.05) is 0 Å². The normalized spacial score (nSPS) is 31.9. The van der Waals surface area contributed by atoms with Crippen LogP contribution in [0, 0.1) is 11.8 Å². The molecule has 13 heavy (non-hydrogen) atoms. The van der Waals surface area contributed by atoms with Crippen LogP contribution in [-0.4, -0.2) is 24.7 Å². The van der Waals surface area contributed by atoms with Gasteiger partial charge in [-0.3, -0.25) is 4.79 Å². The molecule has 2 unspecified atom stereocenters. The van der Waals surface area contributed by atoms with E-state index >= 15 is 0 Å². The fourth-order valence-electron chi connectivity index (χ4n) is 1.51. The zero-order chi connectivity index (χ0) is 9.42. The molecule has 2 aliphatic rings. The fourth-order valence-corrected chi connectivity index (χ4v) is 1.51. The van der Waals surface area contributed by atoms with Gasteiger partial charge in [0, 0.05) is 6.54 Å². The van der Waals surface area contributed by atoms with Crippen LogP contribution in [0.1, 0.15) is 26.7 Å². The van der Waals surface area contributed by atoms with Crippen molar-refractivity contribution < 1.29 is 9.53 Å². The van der Waals surface area contributed by atoms with E-state index in [1.54, 1.807) is 0 Å². The van der Waals surface area contributed by atoms with Gasteiger partial charge in [-0.2, -0.15) is 0 Å². The van der Waals surface area contributed by atoms with Crippen molar-refractivity contribution in [2.45, 2.75) is 38.9 Å². The third-order valence-electron chi connectivity index (χ3n) is 2.70. The molecule has 1 heterocycles. The number of epoxide rings is 1. The molecule has 74 valence electrons. The van der Waals surface area contributed by atoms with Gasteiger partial charge in [0.1, 0.15) is 0 Å². The number of ether oxygens (including phenoxy) is 1. The molecule has 0 aromatic carbocycles. The van der Waals surface area contributed by atoms with Crippen molar-refractivity contribution in [1.29, 1.82) is 0 Å². The maximum Gasteiger partial charge on any atom is 0.251 e. The molecule has 0 aromatic rings. The summed E-state index contributed by atoms with van der Waals surface area (Å²) in [7, 11) is 0. The van der Waals surface area contributed by atoms with Gasteiger partial charge in [0.15, 0.2) is 6.10 Å². The van der Waals surface area contributed by atoms with Gasteiger partial charge < -0.3 is 10.1 Å². The van der Waals surface area contributed by atoms with Crippen LogP contribution in [0.4, 0.5) is 0 Å². The second-order valence-electron chi connectivity index (χ2n) is 4.45. The second kappa shape index (κ2) is 3.29. The Balaban J connectivity index is 1.66. The van der Waals surface area contributed by atoms with E-state index in [1.165, 1.54) is 12.8 Å². The molecule has 2 rings (SSSR count). The number of carbonyl (C=O) groups is 1. The van der Waals surface area contributed by atoms with Crippen LogP contribution in [0.3, 0.4) is 0 Å². The third kappa shape index (κ3) is 2.21.